The van der Waals surface area contributed by atoms with Gasteiger partial charge in [0.1, 0.15) is 5.75 Å². The van der Waals surface area contributed by atoms with Crippen LogP contribution in [0.25, 0.3) is 0 Å². The van der Waals surface area contributed by atoms with Crippen molar-refractivity contribution in [2.75, 3.05) is 6.61 Å². The average molecular weight is 255 g/mol. The van der Waals surface area contributed by atoms with Gasteiger partial charge < -0.3 is 9.84 Å². The highest BCUT2D eigenvalue weighted by Crippen LogP contribution is 2.29. The highest BCUT2D eigenvalue weighted by Gasteiger charge is 2.27. The van der Waals surface area contributed by atoms with Gasteiger partial charge in [-0.1, -0.05) is 23.7 Å². The Balaban J connectivity index is 2.66. The topological polar surface area (TPSA) is 29.5 Å². The maximum Gasteiger partial charge on any atom is 0.392 e. The third-order valence-corrected chi connectivity index (χ3v) is 2.15. The second-order valence-electron chi connectivity index (χ2n) is 3.10. The molecule has 0 fully saturated rings. The van der Waals surface area contributed by atoms with Crippen LogP contribution < -0.4 is 4.74 Å². The third kappa shape index (κ3) is 3.90. The Kier molecular flexibility index (Phi) is 4.44. The molecule has 0 saturated heterocycles. The highest BCUT2D eigenvalue weighted by molar-refractivity contribution is 6.32. The molecule has 0 aliphatic carbocycles. The van der Waals surface area contributed by atoms with Crippen molar-refractivity contribution in [2.24, 2.45) is 0 Å². The van der Waals surface area contributed by atoms with Crippen molar-refractivity contribution in [1.29, 1.82) is 0 Å². The third-order valence-electron chi connectivity index (χ3n) is 1.85. The van der Waals surface area contributed by atoms with Crippen molar-refractivity contribution in [3.8, 4) is 5.75 Å². The van der Waals surface area contributed by atoms with Crippen molar-refractivity contribution in [3.63, 3.8) is 0 Å². The molecule has 0 unspecified atom stereocenters. The van der Waals surface area contributed by atoms with E-state index in [1.807, 2.05) is 0 Å². The molecule has 2 nitrogen and oxygen atoms in total. The predicted molar refractivity (Wildman–Crippen MR) is 53.5 cm³/mol. The molecular weight excluding hydrogens is 245 g/mol. The Morgan fingerprint density at radius 3 is 2.56 bits per heavy atom. The van der Waals surface area contributed by atoms with Gasteiger partial charge in [-0.2, -0.15) is 13.2 Å². The van der Waals surface area contributed by atoms with Gasteiger partial charge in [-0.05, 0) is 6.07 Å². The van der Waals surface area contributed by atoms with E-state index in [2.05, 4.69) is 0 Å². The summed E-state index contributed by atoms with van der Waals surface area (Å²) in [5, 5.41) is 9.13. The number of ether oxygens (including phenoxy) is 1. The summed E-state index contributed by atoms with van der Waals surface area (Å²) in [4.78, 5) is 0. The lowest BCUT2D eigenvalue weighted by Crippen LogP contribution is -2.13. The fraction of sp³-hybridized carbons (Fsp3) is 0.400. The molecule has 0 heterocycles. The number of aliphatic hydroxyl groups excluding tert-OH is 1. The Labute approximate surface area is 95.6 Å². The van der Waals surface area contributed by atoms with Crippen LogP contribution in [0.5, 0.6) is 5.75 Å². The zero-order valence-electron chi connectivity index (χ0n) is 8.22. The first-order valence-electron chi connectivity index (χ1n) is 4.52. The molecule has 1 aromatic rings. The molecule has 90 valence electrons. The van der Waals surface area contributed by atoms with E-state index in [0.717, 1.165) is 0 Å². The number of alkyl halides is 3. The summed E-state index contributed by atoms with van der Waals surface area (Å²) in [5.41, 5.74) is 0.370. The lowest BCUT2D eigenvalue weighted by molar-refractivity contribution is -0.139. The molecule has 1 rings (SSSR count). The van der Waals surface area contributed by atoms with Gasteiger partial charge >= 0.3 is 6.18 Å². The first-order chi connectivity index (χ1) is 7.44. The quantitative estimate of drug-likeness (QED) is 0.894. The number of hydrogen-bond acceptors (Lipinski definition) is 2. The minimum atomic E-state index is -4.26. The van der Waals surface area contributed by atoms with Crippen molar-refractivity contribution in [1.82, 2.24) is 0 Å². The summed E-state index contributed by atoms with van der Waals surface area (Å²) in [7, 11) is 0. The molecule has 0 aliphatic rings. The normalized spacial score (nSPS) is 11.6. The number of aliphatic hydroxyl groups is 1. The van der Waals surface area contributed by atoms with Crippen LogP contribution in [-0.2, 0) is 6.61 Å². The summed E-state index contributed by atoms with van der Waals surface area (Å²) >= 11 is 5.74. The summed E-state index contributed by atoms with van der Waals surface area (Å²) in [5.74, 6) is 0.107. The van der Waals surface area contributed by atoms with Crippen molar-refractivity contribution in [3.05, 3.63) is 28.8 Å². The van der Waals surface area contributed by atoms with Gasteiger partial charge in [0.2, 0.25) is 0 Å². The summed E-state index contributed by atoms with van der Waals surface area (Å²) in [6.07, 6.45) is -5.32. The van der Waals surface area contributed by atoms with Gasteiger partial charge in [-0.15, -0.1) is 0 Å². The van der Waals surface area contributed by atoms with Gasteiger partial charge in [0.05, 0.1) is 24.7 Å². The van der Waals surface area contributed by atoms with Crippen molar-refractivity contribution >= 4 is 11.6 Å². The molecule has 0 spiro atoms. The lowest BCUT2D eigenvalue weighted by atomic mass is 10.2. The Morgan fingerprint density at radius 2 is 2.00 bits per heavy atom. The van der Waals surface area contributed by atoms with Crippen LogP contribution >= 0.6 is 11.6 Å². The molecule has 0 atom stereocenters. The number of benzene rings is 1. The molecular formula is C10H10ClF3O2. The molecule has 0 aliphatic heterocycles. The van der Waals surface area contributed by atoms with Crippen molar-refractivity contribution < 1.29 is 23.0 Å². The fourth-order valence-corrected chi connectivity index (χ4v) is 1.36. The smallest absolute Gasteiger partial charge is 0.392 e. The second kappa shape index (κ2) is 5.41. The van der Waals surface area contributed by atoms with Crippen LogP contribution in [-0.4, -0.2) is 17.9 Å². The number of para-hydroxylation sites is 1. The first-order valence-corrected chi connectivity index (χ1v) is 4.89. The van der Waals surface area contributed by atoms with Crippen molar-refractivity contribution in [2.45, 2.75) is 19.2 Å². The summed E-state index contributed by atoms with van der Waals surface area (Å²) in [6.45, 7) is -0.845. The van der Waals surface area contributed by atoms with Crippen LogP contribution in [0.15, 0.2) is 18.2 Å². The molecule has 16 heavy (non-hydrogen) atoms. The number of rotatable bonds is 4. The van der Waals surface area contributed by atoms with E-state index in [0.29, 0.717) is 5.56 Å². The van der Waals surface area contributed by atoms with E-state index in [-0.39, 0.29) is 17.4 Å². The number of hydrogen-bond donors (Lipinski definition) is 1. The largest absolute Gasteiger partial charge is 0.491 e. The van der Waals surface area contributed by atoms with Crippen LogP contribution in [0, 0.1) is 0 Å². The molecule has 0 amide bonds. The summed E-state index contributed by atoms with van der Waals surface area (Å²) < 4.78 is 40.6. The minimum absolute atomic E-state index is 0.107. The van der Waals surface area contributed by atoms with Gasteiger partial charge in [0, 0.05) is 5.56 Å². The second-order valence-corrected chi connectivity index (χ2v) is 3.51. The predicted octanol–water partition coefficient (Wildman–Crippen LogP) is 3.16. The zero-order chi connectivity index (χ0) is 12.2. The van der Waals surface area contributed by atoms with E-state index in [4.69, 9.17) is 21.4 Å². The molecule has 0 saturated carbocycles. The van der Waals surface area contributed by atoms with Gasteiger partial charge in [0.15, 0.2) is 0 Å². The van der Waals surface area contributed by atoms with E-state index in [1.165, 1.54) is 12.1 Å². The molecule has 0 bridgehead atoms. The SMILES string of the molecule is OCc1cccc(Cl)c1OCCC(F)(F)F. The molecule has 6 heteroatoms. The lowest BCUT2D eigenvalue weighted by Gasteiger charge is -2.12. The molecule has 1 N–H and O–H groups in total. The van der Waals surface area contributed by atoms with Gasteiger partial charge in [-0.3, -0.25) is 0 Å². The average Bonchev–Trinajstić information content (AvgIpc) is 2.18. The molecule has 0 aromatic heterocycles. The number of halogens is 4. The van der Waals surface area contributed by atoms with E-state index in [9.17, 15) is 13.2 Å². The van der Waals surface area contributed by atoms with E-state index in [1.54, 1.807) is 6.07 Å². The molecule has 0 radical (unpaired) electrons. The Morgan fingerprint density at radius 1 is 1.31 bits per heavy atom. The van der Waals surface area contributed by atoms with E-state index >= 15 is 0 Å². The first kappa shape index (κ1) is 13.1. The standard InChI is InChI=1S/C10H10ClF3O2/c11-8-3-1-2-7(6-15)9(8)16-5-4-10(12,13)14/h1-3,15H,4-6H2. The highest BCUT2D eigenvalue weighted by atomic mass is 35.5. The molecule has 1 aromatic carbocycles. The van der Waals surface area contributed by atoms with Crippen LogP contribution in [0.2, 0.25) is 5.02 Å². The fourth-order valence-electron chi connectivity index (χ4n) is 1.11. The van der Waals surface area contributed by atoms with Gasteiger partial charge in [0.25, 0.3) is 0 Å². The maximum atomic E-state index is 11.9. The van der Waals surface area contributed by atoms with Crippen LogP contribution in [0.3, 0.4) is 0 Å². The minimum Gasteiger partial charge on any atom is -0.491 e. The monoisotopic (exact) mass is 254 g/mol. The summed E-state index contributed by atoms with van der Waals surface area (Å²) in [6, 6.07) is 4.61. The maximum absolute atomic E-state index is 11.9. The van der Waals surface area contributed by atoms with Gasteiger partial charge in [-0.25, -0.2) is 0 Å². The van der Waals surface area contributed by atoms with E-state index < -0.39 is 19.2 Å². The zero-order valence-corrected chi connectivity index (χ0v) is 8.98. The van der Waals surface area contributed by atoms with Crippen LogP contribution in [0.1, 0.15) is 12.0 Å². The van der Waals surface area contributed by atoms with Crippen LogP contribution in [0.4, 0.5) is 13.2 Å². The Bertz CT molecular complexity index is 352. The Hall–Kier alpha value is -0.940.